The average molecular weight is 590 g/mol. The van der Waals surface area contributed by atoms with Crippen LogP contribution < -0.4 is 10.2 Å². The zero-order valence-electron chi connectivity index (χ0n) is 22.1. The van der Waals surface area contributed by atoms with E-state index in [0.29, 0.717) is 36.9 Å². The Labute approximate surface area is 239 Å². The minimum absolute atomic E-state index is 0.0262. The summed E-state index contributed by atoms with van der Waals surface area (Å²) in [6.07, 6.45) is 0.500. The van der Waals surface area contributed by atoms with Crippen LogP contribution in [0.5, 0.6) is 0 Å². The Morgan fingerprint density at radius 1 is 1.15 bits per heavy atom. The summed E-state index contributed by atoms with van der Waals surface area (Å²) in [5.41, 5.74) is -2.41. The SMILES string of the molecule is CC(F)(F)c1cccc(C2(O)C(=O)N(C[C@H]3CC[C@H](NC(=O)c4cc(Cl)cnc4C(F)F)CC3)c3ccccc32)c1. The van der Waals surface area contributed by atoms with Crippen molar-refractivity contribution in [1.29, 1.82) is 0 Å². The minimum atomic E-state index is -3.15. The molecule has 2 N–H and O–H groups in total. The molecule has 216 valence electrons. The van der Waals surface area contributed by atoms with Crippen LogP contribution in [0, 0.1) is 5.92 Å². The lowest BCUT2D eigenvalue weighted by Gasteiger charge is -2.32. The number of aromatic nitrogens is 1. The Kier molecular flexibility index (Phi) is 7.82. The van der Waals surface area contributed by atoms with E-state index < -0.39 is 35.5 Å². The average Bonchev–Trinajstić information content (AvgIpc) is 3.16. The van der Waals surface area contributed by atoms with Gasteiger partial charge in [0.25, 0.3) is 24.2 Å². The highest BCUT2D eigenvalue weighted by molar-refractivity contribution is 6.30. The lowest BCUT2D eigenvalue weighted by atomic mass is 9.85. The van der Waals surface area contributed by atoms with Crippen molar-refractivity contribution in [1.82, 2.24) is 10.3 Å². The second-order valence-corrected chi connectivity index (χ2v) is 11.1. The highest BCUT2D eigenvalue weighted by Gasteiger charge is 2.51. The van der Waals surface area contributed by atoms with Crippen molar-refractivity contribution in [2.24, 2.45) is 5.92 Å². The molecule has 2 amide bonds. The van der Waals surface area contributed by atoms with Crippen LogP contribution in [0.15, 0.2) is 60.8 Å². The number of nitrogens with one attached hydrogen (secondary N) is 1. The molecule has 5 rings (SSSR count). The van der Waals surface area contributed by atoms with E-state index in [9.17, 15) is 32.3 Å². The number of halogens is 5. The Morgan fingerprint density at radius 2 is 1.85 bits per heavy atom. The third kappa shape index (κ3) is 5.55. The molecule has 1 aliphatic heterocycles. The molecule has 0 spiro atoms. The fraction of sp³-hybridized carbons (Fsp3) is 0.367. The molecule has 1 unspecified atom stereocenters. The van der Waals surface area contributed by atoms with Gasteiger partial charge in [0.1, 0.15) is 5.69 Å². The highest BCUT2D eigenvalue weighted by atomic mass is 35.5. The molecule has 1 aromatic heterocycles. The monoisotopic (exact) mass is 589 g/mol. The van der Waals surface area contributed by atoms with Gasteiger partial charge in [0.2, 0.25) is 0 Å². The Hall–Kier alpha value is -3.50. The predicted octanol–water partition coefficient (Wildman–Crippen LogP) is 6.36. The minimum Gasteiger partial charge on any atom is -0.372 e. The lowest BCUT2D eigenvalue weighted by molar-refractivity contribution is -0.132. The lowest BCUT2D eigenvalue weighted by Crippen LogP contribution is -2.44. The smallest absolute Gasteiger partial charge is 0.281 e. The summed E-state index contributed by atoms with van der Waals surface area (Å²) in [5.74, 6) is -4.41. The quantitative estimate of drug-likeness (QED) is 0.314. The van der Waals surface area contributed by atoms with Crippen molar-refractivity contribution in [3.63, 3.8) is 0 Å². The van der Waals surface area contributed by atoms with Crippen LogP contribution in [-0.4, -0.2) is 34.5 Å². The summed E-state index contributed by atoms with van der Waals surface area (Å²) in [5, 5.41) is 14.6. The summed E-state index contributed by atoms with van der Waals surface area (Å²) >= 11 is 5.87. The number of carbonyl (C=O) groups is 2. The third-order valence-electron chi connectivity index (χ3n) is 7.89. The fourth-order valence-electron chi connectivity index (χ4n) is 5.73. The van der Waals surface area contributed by atoms with Crippen LogP contribution in [0.25, 0.3) is 0 Å². The molecule has 41 heavy (non-hydrogen) atoms. The maximum Gasteiger partial charge on any atom is 0.281 e. The first-order valence-electron chi connectivity index (χ1n) is 13.3. The summed E-state index contributed by atoms with van der Waals surface area (Å²) in [6, 6.07) is 13.0. The van der Waals surface area contributed by atoms with E-state index in [1.807, 2.05) is 0 Å². The molecular formula is C30H28ClF4N3O3. The zero-order chi connectivity index (χ0) is 29.5. The number of hydrogen-bond acceptors (Lipinski definition) is 4. The molecule has 3 aromatic rings. The van der Waals surface area contributed by atoms with Gasteiger partial charge in [-0.1, -0.05) is 48.0 Å². The van der Waals surface area contributed by atoms with Crippen molar-refractivity contribution in [3.8, 4) is 0 Å². The molecule has 0 radical (unpaired) electrons. The van der Waals surface area contributed by atoms with E-state index in [0.717, 1.165) is 13.1 Å². The van der Waals surface area contributed by atoms with Gasteiger partial charge in [-0.05, 0) is 55.4 Å². The van der Waals surface area contributed by atoms with Crippen LogP contribution in [-0.2, 0) is 16.3 Å². The fourth-order valence-corrected chi connectivity index (χ4v) is 5.89. The first-order valence-corrected chi connectivity index (χ1v) is 13.6. The van der Waals surface area contributed by atoms with Crippen LogP contribution in [0.4, 0.5) is 23.2 Å². The number of rotatable bonds is 7. The number of hydrogen-bond donors (Lipinski definition) is 2. The van der Waals surface area contributed by atoms with Crippen LogP contribution >= 0.6 is 11.6 Å². The van der Waals surface area contributed by atoms with Crippen molar-refractivity contribution in [2.75, 3.05) is 11.4 Å². The summed E-state index contributed by atoms with van der Waals surface area (Å²) < 4.78 is 54.8. The maximum atomic E-state index is 14.1. The number of benzene rings is 2. The molecule has 0 saturated heterocycles. The number of fused-ring (bicyclic) bond motifs is 1. The van der Waals surface area contributed by atoms with Gasteiger partial charge in [0.15, 0.2) is 5.60 Å². The molecule has 1 atom stereocenters. The maximum absolute atomic E-state index is 14.1. The topological polar surface area (TPSA) is 82.5 Å². The first kappa shape index (κ1) is 29.0. The van der Waals surface area contributed by atoms with E-state index in [4.69, 9.17) is 11.6 Å². The Balaban J connectivity index is 1.29. The molecule has 6 nitrogen and oxygen atoms in total. The Morgan fingerprint density at radius 3 is 2.54 bits per heavy atom. The van der Waals surface area contributed by atoms with Crippen LogP contribution in [0.3, 0.4) is 0 Å². The molecule has 1 aliphatic carbocycles. The number of nitrogens with zero attached hydrogens (tertiary/aromatic N) is 2. The molecule has 2 aromatic carbocycles. The van der Waals surface area contributed by atoms with Crippen LogP contribution in [0.2, 0.25) is 5.02 Å². The molecule has 11 heteroatoms. The summed E-state index contributed by atoms with van der Waals surface area (Å²) in [4.78, 5) is 31.6. The molecule has 1 fully saturated rings. The number of aliphatic hydroxyl groups is 1. The molecule has 2 aliphatic rings. The van der Waals surface area contributed by atoms with Crippen LogP contribution in [0.1, 0.15) is 71.8 Å². The first-order chi connectivity index (χ1) is 19.4. The van der Waals surface area contributed by atoms with Gasteiger partial charge in [-0.3, -0.25) is 14.6 Å². The number of alkyl halides is 4. The predicted molar refractivity (Wildman–Crippen MR) is 145 cm³/mol. The van der Waals surface area contributed by atoms with Gasteiger partial charge in [0.05, 0.1) is 16.3 Å². The van der Waals surface area contributed by atoms with E-state index in [1.165, 1.54) is 35.2 Å². The van der Waals surface area contributed by atoms with E-state index in [-0.39, 0.29) is 40.2 Å². The third-order valence-corrected chi connectivity index (χ3v) is 8.09. The van der Waals surface area contributed by atoms with Gasteiger partial charge in [-0.2, -0.15) is 0 Å². The largest absolute Gasteiger partial charge is 0.372 e. The molecule has 1 saturated carbocycles. The van der Waals surface area contributed by atoms with Gasteiger partial charge < -0.3 is 15.3 Å². The van der Waals surface area contributed by atoms with Crippen molar-refractivity contribution < 1.29 is 32.3 Å². The van der Waals surface area contributed by atoms with E-state index in [1.54, 1.807) is 24.3 Å². The number of pyridine rings is 1. The normalized spacial score (nSPS) is 22.6. The van der Waals surface area contributed by atoms with Gasteiger partial charge in [-0.25, -0.2) is 17.6 Å². The van der Waals surface area contributed by atoms with Crippen molar-refractivity contribution >= 4 is 29.1 Å². The van der Waals surface area contributed by atoms with E-state index in [2.05, 4.69) is 10.3 Å². The van der Waals surface area contributed by atoms with Gasteiger partial charge in [-0.15, -0.1) is 0 Å². The Bertz CT molecular complexity index is 1470. The number of carbonyl (C=O) groups excluding carboxylic acids is 2. The van der Waals surface area contributed by atoms with Crippen molar-refractivity contribution in [2.45, 2.75) is 56.6 Å². The van der Waals surface area contributed by atoms with Crippen molar-refractivity contribution in [3.05, 3.63) is 93.8 Å². The second kappa shape index (κ2) is 11.1. The number of amides is 2. The summed E-state index contributed by atoms with van der Waals surface area (Å²) in [6.45, 7) is 1.05. The van der Waals surface area contributed by atoms with Gasteiger partial charge in [0, 0.05) is 36.8 Å². The van der Waals surface area contributed by atoms with Gasteiger partial charge >= 0.3 is 0 Å². The molecular weight excluding hydrogens is 562 g/mol. The second-order valence-electron chi connectivity index (χ2n) is 10.7. The summed E-state index contributed by atoms with van der Waals surface area (Å²) in [7, 11) is 0. The van der Waals surface area contributed by atoms with E-state index >= 15 is 0 Å². The number of anilines is 1. The molecule has 2 heterocycles. The number of para-hydroxylation sites is 1. The highest BCUT2D eigenvalue weighted by Crippen LogP contribution is 2.46. The standard InChI is InChI=1S/C30H28ClF4N3O3/c1-29(34,35)18-5-4-6-19(13-18)30(41)23-7-2-3-8-24(23)38(28(30)40)16-17-9-11-21(12-10-17)37-27(39)22-14-20(31)15-36-25(22)26(32)33/h2-8,13-15,17,21,26,41H,9-12,16H2,1H3,(H,37,39)/t17-,21-,30?. The molecule has 0 bridgehead atoms. The zero-order valence-corrected chi connectivity index (χ0v) is 22.8.